The summed E-state index contributed by atoms with van der Waals surface area (Å²) in [6.45, 7) is 1.93. The van der Waals surface area contributed by atoms with E-state index in [1.807, 2.05) is 13.8 Å². The third-order valence-electron chi connectivity index (χ3n) is 0.940. The van der Waals surface area contributed by atoms with Gasteiger partial charge in [0.05, 0.1) is 0 Å². The number of alkyl halides is 6. The van der Waals surface area contributed by atoms with Crippen LogP contribution in [0, 0.1) is 0 Å². The molecule has 0 saturated heterocycles. The smallest absolute Gasteiger partial charge is 0.382 e. The molecule has 0 aliphatic carbocycles. The van der Waals surface area contributed by atoms with E-state index in [1.54, 1.807) is 0 Å². The van der Waals surface area contributed by atoms with Gasteiger partial charge in [-0.05, 0) is 13.8 Å². The first-order valence-electron chi connectivity index (χ1n) is 4.41. The number of ether oxygens (including phenoxy) is 2. The largest absolute Gasteiger partial charge is 0.411 e. The van der Waals surface area contributed by atoms with E-state index >= 15 is 0 Å². The second kappa shape index (κ2) is 8.63. The molecule has 0 aromatic heterocycles. The summed E-state index contributed by atoms with van der Waals surface area (Å²) in [5.74, 6) is 0. The summed E-state index contributed by atoms with van der Waals surface area (Å²) in [5.41, 5.74) is 0. The summed E-state index contributed by atoms with van der Waals surface area (Å²) in [4.78, 5) is 0. The van der Waals surface area contributed by atoms with Gasteiger partial charge in [0.25, 0.3) is 0 Å². The van der Waals surface area contributed by atoms with Crippen LogP contribution < -0.4 is 0 Å². The predicted octanol–water partition coefficient (Wildman–Crippen LogP) is 3.17. The molecule has 0 radical (unpaired) electrons. The third kappa shape index (κ3) is 23.4. The topological polar surface area (TPSA) is 18.5 Å². The first kappa shape index (κ1) is 17.9. The van der Waals surface area contributed by atoms with E-state index in [-0.39, 0.29) is 0 Å². The highest BCUT2D eigenvalue weighted by atomic mass is 19.4. The molecule has 16 heavy (non-hydrogen) atoms. The lowest BCUT2D eigenvalue weighted by molar-refractivity contribution is -0.219. The molecule has 0 saturated carbocycles. The van der Waals surface area contributed by atoms with Gasteiger partial charge in [-0.2, -0.15) is 26.3 Å². The fourth-order valence-corrected chi connectivity index (χ4v) is 0.487. The molecule has 0 aromatic rings. The van der Waals surface area contributed by atoms with Crippen LogP contribution in [0.5, 0.6) is 0 Å². The Hall–Kier alpha value is -0.500. The van der Waals surface area contributed by atoms with Crippen molar-refractivity contribution >= 4 is 0 Å². The highest BCUT2D eigenvalue weighted by Crippen LogP contribution is 2.18. The van der Waals surface area contributed by atoms with Crippen molar-refractivity contribution in [2.75, 3.05) is 26.4 Å². The standard InChI is InChI=1S/C4H4F6O.C4H10O/c5-3(6,7)1-11-2-4(8,9)10;1-3-5-4-2/h1-2H2;3-4H2,1-2H3. The summed E-state index contributed by atoms with van der Waals surface area (Å²) in [6.07, 6.45) is -9.41. The average molecular weight is 256 g/mol. The molecule has 0 N–H and O–H groups in total. The second-order valence-corrected chi connectivity index (χ2v) is 2.50. The molecule has 8 heteroatoms. The molecule has 0 fully saturated rings. The Morgan fingerprint density at radius 2 is 1.00 bits per heavy atom. The molecule has 0 spiro atoms. The van der Waals surface area contributed by atoms with Crippen molar-refractivity contribution in [3.05, 3.63) is 0 Å². The predicted molar refractivity (Wildman–Crippen MR) is 45.1 cm³/mol. The first-order valence-corrected chi connectivity index (χ1v) is 4.41. The van der Waals surface area contributed by atoms with Crippen LogP contribution in [0.4, 0.5) is 26.3 Å². The van der Waals surface area contributed by atoms with Crippen molar-refractivity contribution in [2.24, 2.45) is 0 Å². The molecular weight excluding hydrogens is 242 g/mol. The zero-order valence-corrected chi connectivity index (χ0v) is 8.91. The summed E-state index contributed by atoms with van der Waals surface area (Å²) in [6, 6.07) is 0. The Balaban J connectivity index is 0. The molecule has 0 heterocycles. The van der Waals surface area contributed by atoms with Gasteiger partial charge >= 0.3 is 12.4 Å². The van der Waals surface area contributed by atoms with E-state index in [0.717, 1.165) is 13.2 Å². The lowest BCUT2D eigenvalue weighted by Crippen LogP contribution is -2.23. The van der Waals surface area contributed by atoms with Crippen LogP contribution in [-0.4, -0.2) is 38.8 Å². The Morgan fingerprint density at radius 3 is 1.12 bits per heavy atom. The molecule has 2 nitrogen and oxygen atoms in total. The van der Waals surface area contributed by atoms with Gasteiger partial charge in [-0.1, -0.05) is 0 Å². The van der Waals surface area contributed by atoms with Crippen LogP contribution in [0.15, 0.2) is 0 Å². The van der Waals surface area contributed by atoms with Crippen molar-refractivity contribution in [1.82, 2.24) is 0 Å². The quantitative estimate of drug-likeness (QED) is 0.719. The van der Waals surface area contributed by atoms with Crippen LogP contribution in [0.25, 0.3) is 0 Å². The summed E-state index contributed by atoms with van der Waals surface area (Å²) >= 11 is 0. The van der Waals surface area contributed by atoms with E-state index in [9.17, 15) is 26.3 Å². The van der Waals surface area contributed by atoms with Gasteiger partial charge < -0.3 is 9.47 Å². The van der Waals surface area contributed by atoms with E-state index in [0.29, 0.717) is 0 Å². The van der Waals surface area contributed by atoms with Crippen molar-refractivity contribution in [3.8, 4) is 0 Å². The third-order valence-corrected chi connectivity index (χ3v) is 0.940. The summed E-state index contributed by atoms with van der Waals surface area (Å²) < 4.78 is 75.0. The first-order chi connectivity index (χ1) is 7.12. The minimum Gasteiger partial charge on any atom is -0.382 e. The van der Waals surface area contributed by atoms with Gasteiger partial charge in [0.2, 0.25) is 0 Å². The van der Waals surface area contributed by atoms with Crippen LogP contribution in [0.2, 0.25) is 0 Å². The van der Waals surface area contributed by atoms with E-state index in [4.69, 9.17) is 4.74 Å². The van der Waals surface area contributed by atoms with Gasteiger partial charge in [-0.15, -0.1) is 0 Å². The Morgan fingerprint density at radius 1 is 0.688 bits per heavy atom. The minimum absolute atomic E-state index is 0.844. The molecule has 0 amide bonds. The van der Waals surface area contributed by atoms with Crippen molar-refractivity contribution in [1.29, 1.82) is 0 Å². The maximum Gasteiger partial charge on any atom is 0.411 e. The lowest BCUT2D eigenvalue weighted by Gasteiger charge is -2.09. The molecule has 0 aromatic carbocycles. The molecule has 100 valence electrons. The Kier molecular flexibility index (Phi) is 9.64. The molecule has 0 rings (SSSR count). The number of rotatable bonds is 4. The van der Waals surface area contributed by atoms with Gasteiger partial charge in [-0.3, -0.25) is 0 Å². The second-order valence-electron chi connectivity index (χ2n) is 2.50. The summed E-state index contributed by atoms with van der Waals surface area (Å²) in [5, 5.41) is 0. The minimum atomic E-state index is -4.70. The maximum atomic E-state index is 11.1. The van der Waals surface area contributed by atoms with Crippen LogP contribution in [0.1, 0.15) is 13.8 Å². The average Bonchev–Trinajstić information content (AvgIpc) is 2.01. The van der Waals surface area contributed by atoms with E-state index in [1.165, 1.54) is 0 Å². The highest BCUT2D eigenvalue weighted by molar-refractivity contribution is 4.49. The van der Waals surface area contributed by atoms with Crippen LogP contribution >= 0.6 is 0 Å². The van der Waals surface area contributed by atoms with Gasteiger partial charge in [-0.25, -0.2) is 0 Å². The van der Waals surface area contributed by atoms with E-state index in [2.05, 4.69) is 4.74 Å². The number of hydrogen-bond acceptors (Lipinski definition) is 2. The van der Waals surface area contributed by atoms with Gasteiger partial charge in [0.15, 0.2) is 0 Å². The molecule has 0 aliphatic rings. The fraction of sp³-hybridized carbons (Fsp3) is 1.00. The Labute approximate surface area is 89.5 Å². The normalized spacial score (nSPS) is 12.0. The van der Waals surface area contributed by atoms with Crippen molar-refractivity contribution < 1.29 is 35.8 Å². The Bertz CT molecular complexity index is 138. The van der Waals surface area contributed by atoms with E-state index < -0.39 is 25.6 Å². The van der Waals surface area contributed by atoms with Gasteiger partial charge in [0.1, 0.15) is 13.2 Å². The fourth-order valence-electron chi connectivity index (χ4n) is 0.487. The molecular formula is C8H14F6O2. The SMILES string of the molecule is CCOCC.FC(F)(F)COCC(F)(F)F. The number of hydrogen-bond donors (Lipinski definition) is 0. The van der Waals surface area contributed by atoms with Crippen LogP contribution in [0.3, 0.4) is 0 Å². The van der Waals surface area contributed by atoms with Crippen LogP contribution in [-0.2, 0) is 9.47 Å². The highest BCUT2D eigenvalue weighted by Gasteiger charge is 2.32. The van der Waals surface area contributed by atoms with Crippen molar-refractivity contribution in [3.63, 3.8) is 0 Å². The van der Waals surface area contributed by atoms with Crippen molar-refractivity contribution in [2.45, 2.75) is 26.2 Å². The number of halogens is 6. The maximum absolute atomic E-state index is 11.1. The molecule has 0 aliphatic heterocycles. The monoisotopic (exact) mass is 256 g/mol. The molecule has 0 bridgehead atoms. The zero-order chi connectivity index (χ0) is 13.2. The molecule has 0 atom stereocenters. The van der Waals surface area contributed by atoms with Gasteiger partial charge in [0, 0.05) is 13.2 Å². The lowest BCUT2D eigenvalue weighted by atomic mass is 10.6. The molecule has 0 unspecified atom stereocenters. The summed E-state index contributed by atoms with van der Waals surface area (Å²) in [7, 11) is 0. The zero-order valence-electron chi connectivity index (χ0n) is 8.91.